The van der Waals surface area contributed by atoms with Gasteiger partial charge in [-0.15, -0.1) is 0 Å². The van der Waals surface area contributed by atoms with Gasteiger partial charge in [-0.05, 0) is 48.2 Å². The summed E-state index contributed by atoms with van der Waals surface area (Å²) in [4.78, 5) is 11.4. The van der Waals surface area contributed by atoms with Crippen molar-refractivity contribution >= 4 is 44.6 Å². The number of methoxy groups -OCH3 is 1. The number of ether oxygens (including phenoxy) is 1. The van der Waals surface area contributed by atoms with Crippen molar-refractivity contribution in [1.29, 1.82) is 0 Å². The summed E-state index contributed by atoms with van der Waals surface area (Å²) >= 11 is 6.30. The van der Waals surface area contributed by atoms with Crippen LogP contribution in [-0.4, -0.2) is 62.9 Å². The minimum absolute atomic E-state index is 0.171. The zero-order valence-corrected chi connectivity index (χ0v) is 20.8. The summed E-state index contributed by atoms with van der Waals surface area (Å²) in [7, 11) is -1.69. The first-order chi connectivity index (χ1) is 16.3. The van der Waals surface area contributed by atoms with Crippen LogP contribution in [0.1, 0.15) is 11.1 Å². The van der Waals surface area contributed by atoms with Crippen molar-refractivity contribution in [1.82, 2.24) is 14.9 Å². The van der Waals surface area contributed by atoms with Gasteiger partial charge in [0.1, 0.15) is 5.02 Å². The minimum atomic E-state index is -3.42. The number of fused-ring (bicyclic) bond motifs is 1. The Labute approximate surface area is 205 Å². The van der Waals surface area contributed by atoms with Gasteiger partial charge < -0.3 is 20.3 Å². The number of sulfone groups is 1. The molecular formula is C24H28ClN5O3S. The van der Waals surface area contributed by atoms with Crippen molar-refractivity contribution in [2.75, 3.05) is 50.2 Å². The van der Waals surface area contributed by atoms with E-state index in [0.29, 0.717) is 17.5 Å². The van der Waals surface area contributed by atoms with E-state index >= 15 is 0 Å². The van der Waals surface area contributed by atoms with Crippen LogP contribution in [0.5, 0.6) is 0 Å². The van der Waals surface area contributed by atoms with E-state index in [1.54, 1.807) is 25.3 Å². The fourth-order valence-corrected chi connectivity index (χ4v) is 4.94. The third-order valence-electron chi connectivity index (χ3n) is 5.75. The normalized spacial score (nSPS) is 14.3. The van der Waals surface area contributed by atoms with Crippen LogP contribution in [0.4, 0.5) is 23.1 Å². The Morgan fingerprint density at radius 2 is 1.85 bits per heavy atom. The molecule has 34 heavy (non-hydrogen) atoms. The highest BCUT2D eigenvalue weighted by Crippen LogP contribution is 2.29. The second-order valence-corrected chi connectivity index (χ2v) is 10.6. The number of nitrogens with one attached hydrogen (secondary N) is 2. The molecule has 1 aliphatic heterocycles. The highest BCUT2D eigenvalue weighted by Gasteiger charge is 2.16. The standard InChI is InChI=1S/C24H28ClN5O3S/c1-33-14-13-30-11-9-17-7-8-19(15-18(17)10-12-30)27-24-26-16-20(25)23(29-24)28-21-5-3-4-6-22(21)34(2,31)32/h3-8,15-16H,9-14H2,1-2H3,(H2,26,27,28,29). The number of benzene rings is 2. The number of hydrogen-bond donors (Lipinski definition) is 2. The molecule has 0 fully saturated rings. The first-order valence-electron chi connectivity index (χ1n) is 11.0. The molecule has 0 aliphatic carbocycles. The summed E-state index contributed by atoms with van der Waals surface area (Å²) < 4.78 is 29.5. The number of para-hydroxylation sites is 1. The number of anilines is 4. The van der Waals surface area contributed by atoms with Gasteiger partial charge in [-0.1, -0.05) is 29.8 Å². The molecular weight excluding hydrogens is 474 g/mol. The topological polar surface area (TPSA) is 96.5 Å². The minimum Gasteiger partial charge on any atom is -0.383 e. The second-order valence-electron chi connectivity index (χ2n) is 8.23. The summed E-state index contributed by atoms with van der Waals surface area (Å²) in [6, 6.07) is 12.9. The van der Waals surface area contributed by atoms with Crippen molar-refractivity contribution in [3.05, 3.63) is 64.8 Å². The van der Waals surface area contributed by atoms with Crippen LogP contribution < -0.4 is 10.6 Å². The molecule has 1 aromatic heterocycles. The molecule has 0 radical (unpaired) electrons. The Kier molecular flexibility index (Phi) is 7.67. The lowest BCUT2D eigenvalue weighted by Gasteiger charge is -2.18. The monoisotopic (exact) mass is 501 g/mol. The Morgan fingerprint density at radius 3 is 2.62 bits per heavy atom. The van der Waals surface area contributed by atoms with E-state index in [1.807, 2.05) is 6.07 Å². The smallest absolute Gasteiger partial charge is 0.229 e. The summed E-state index contributed by atoms with van der Waals surface area (Å²) in [5.74, 6) is 0.679. The van der Waals surface area contributed by atoms with E-state index < -0.39 is 9.84 Å². The molecule has 2 aromatic carbocycles. The molecule has 3 aromatic rings. The van der Waals surface area contributed by atoms with Gasteiger partial charge in [0, 0.05) is 38.7 Å². The van der Waals surface area contributed by atoms with E-state index in [-0.39, 0.29) is 9.92 Å². The van der Waals surface area contributed by atoms with E-state index in [4.69, 9.17) is 16.3 Å². The fourth-order valence-electron chi connectivity index (χ4n) is 3.96. The van der Waals surface area contributed by atoms with E-state index in [9.17, 15) is 8.42 Å². The van der Waals surface area contributed by atoms with E-state index in [1.165, 1.54) is 23.4 Å². The summed E-state index contributed by atoms with van der Waals surface area (Å²) in [6.07, 6.45) is 4.62. The zero-order valence-electron chi connectivity index (χ0n) is 19.2. The molecule has 1 aliphatic rings. The van der Waals surface area contributed by atoms with Gasteiger partial charge in [0.05, 0.1) is 23.4 Å². The highest BCUT2D eigenvalue weighted by atomic mass is 35.5. The molecule has 0 amide bonds. The van der Waals surface area contributed by atoms with Gasteiger partial charge >= 0.3 is 0 Å². The Bertz CT molecular complexity index is 1270. The first kappa shape index (κ1) is 24.4. The molecule has 0 bridgehead atoms. The molecule has 2 N–H and O–H groups in total. The van der Waals surface area contributed by atoms with Crippen LogP contribution in [-0.2, 0) is 27.4 Å². The summed E-state index contributed by atoms with van der Waals surface area (Å²) in [5, 5.41) is 6.57. The number of rotatable bonds is 8. The summed E-state index contributed by atoms with van der Waals surface area (Å²) in [5.41, 5.74) is 3.94. The van der Waals surface area contributed by atoms with Crippen LogP contribution in [0.2, 0.25) is 5.02 Å². The number of hydrogen-bond acceptors (Lipinski definition) is 8. The van der Waals surface area contributed by atoms with Gasteiger partial charge in [0.2, 0.25) is 5.95 Å². The lowest BCUT2D eigenvalue weighted by atomic mass is 10.0. The lowest BCUT2D eigenvalue weighted by Crippen LogP contribution is -2.29. The van der Waals surface area contributed by atoms with Crippen LogP contribution in [0, 0.1) is 0 Å². The average Bonchev–Trinajstić information content (AvgIpc) is 3.01. The molecule has 8 nitrogen and oxygen atoms in total. The fraction of sp³-hybridized carbons (Fsp3) is 0.333. The Hall–Kier alpha value is -2.72. The Morgan fingerprint density at radius 1 is 1.09 bits per heavy atom. The Balaban J connectivity index is 1.52. The van der Waals surface area contributed by atoms with Gasteiger partial charge in [-0.2, -0.15) is 4.98 Å². The maximum absolute atomic E-state index is 12.1. The SMILES string of the molecule is COCCN1CCc2ccc(Nc3ncc(Cl)c(Nc4ccccc4S(C)(=O)=O)n3)cc2CC1. The number of nitrogens with zero attached hydrogens (tertiary/aromatic N) is 3. The van der Waals surface area contributed by atoms with Crippen molar-refractivity contribution in [3.8, 4) is 0 Å². The van der Waals surface area contributed by atoms with Crippen molar-refractivity contribution in [2.45, 2.75) is 17.7 Å². The average molecular weight is 502 g/mol. The lowest BCUT2D eigenvalue weighted by molar-refractivity contribution is 0.150. The molecule has 2 heterocycles. The van der Waals surface area contributed by atoms with Crippen LogP contribution in [0.15, 0.2) is 53.6 Å². The molecule has 0 saturated heterocycles. The van der Waals surface area contributed by atoms with Crippen LogP contribution in [0.3, 0.4) is 0 Å². The predicted octanol–water partition coefficient (Wildman–Crippen LogP) is 4.07. The van der Waals surface area contributed by atoms with E-state index in [2.05, 4.69) is 37.6 Å². The third kappa shape index (κ3) is 6.04. The largest absolute Gasteiger partial charge is 0.383 e. The van der Waals surface area contributed by atoms with Gasteiger partial charge in [0.25, 0.3) is 0 Å². The quantitative estimate of drug-likeness (QED) is 0.477. The summed E-state index contributed by atoms with van der Waals surface area (Å²) in [6.45, 7) is 3.69. The van der Waals surface area contributed by atoms with Crippen molar-refractivity contribution < 1.29 is 13.2 Å². The first-order valence-corrected chi connectivity index (χ1v) is 13.3. The molecule has 10 heteroatoms. The van der Waals surface area contributed by atoms with Gasteiger partial charge in [-0.25, -0.2) is 13.4 Å². The maximum atomic E-state index is 12.1. The van der Waals surface area contributed by atoms with Crippen molar-refractivity contribution in [3.63, 3.8) is 0 Å². The third-order valence-corrected chi connectivity index (χ3v) is 7.18. The van der Waals surface area contributed by atoms with Gasteiger partial charge in [-0.3, -0.25) is 0 Å². The molecule has 0 unspecified atom stereocenters. The molecule has 0 spiro atoms. The second kappa shape index (κ2) is 10.7. The number of aromatic nitrogens is 2. The van der Waals surface area contributed by atoms with Gasteiger partial charge in [0.15, 0.2) is 15.7 Å². The molecule has 4 rings (SSSR count). The zero-order chi connectivity index (χ0) is 24.1. The molecule has 180 valence electrons. The molecule has 0 saturated carbocycles. The van der Waals surface area contributed by atoms with Crippen LogP contribution in [0.25, 0.3) is 0 Å². The van der Waals surface area contributed by atoms with Crippen LogP contribution >= 0.6 is 11.6 Å². The van der Waals surface area contributed by atoms with Crippen molar-refractivity contribution in [2.24, 2.45) is 0 Å². The van der Waals surface area contributed by atoms with E-state index in [0.717, 1.165) is 51.0 Å². The highest BCUT2D eigenvalue weighted by molar-refractivity contribution is 7.90. The number of halogens is 1. The molecule has 0 atom stereocenters. The predicted molar refractivity (Wildman–Crippen MR) is 135 cm³/mol. The maximum Gasteiger partial charge on any atom is 0.229 e.